The Morgan fingerprint density at radius 2 is 2.10 bits per heavy atom. The van der Waals surface area contributed by atoms with Gasteiger partial charge in [-0.05, 0) is 30.5 Å². The van der Waals surface area contributed by atoms with Crippen LogP contribution in [0, 0.1) is 5.41 Å². The molecule has 114 valence electrons. The number of likely N-dealkylation sites (tertiary alicyclic amines) is 1. The molecule has 1 aliphatic rings. The third-order valence-corrected chi connectivity index (χ3v) is 4.21. The lowest BCUT2D eigenvalue weighted by molar-refractivity contribution is -0.132. The number of carbonyl (C=O) groups excluding carboxylic acids is 1. The van der Waals surface area contributed by atoms with Crippen molar-refractivity contribution in [3.8, 4) is 5.75 Å². The molecule has 6 nitrogen and oxygen atoms in total. The summed E-state index contributed by atoms with van der Waals surface area (Å²) in [4.78, 5) is 14.1. The van der Waals surface area contributed by atoms with Crippen molar-refractivity contribution in [3.05, 3.63) is 29.8 Å². The Morgan fingerprint density at radius 1 is 1.43 bits per heavy atom. The number of phenolic OH excluding ortho intramolecular Hbond substituents is 1. The average molecular weight is 291 g/mol. The maximum absolute atomic E-state index is 12.3. The van der Waals surface area contributed by atoms with Gasteiger partial charge in [-0.25, -0.2) is 0 Å². The molecule has 1 amide bonds. The average Bonchev–Trinajstić information content (AvgIpc) is 2.47. The van der Waals surface area contributed by atoms with Gasteiger partial charge in [0.15, 0.2) is 0 Å². The van der Waals surface area contributed by atoms with Crippen molar-refractivity contribution in [1.82, 2.24) is 4.90 Å². The van der Waals surface area contributed by atoms with Crippen molar-refractivity contribution in [2.45, 2.75) is 26.2 Å². The molecule has 0 aliphatic carbocycles. The SMILES string of the molecule is CC1(/C(N)=N/O)CCN(C(=O)Cc2cccc(O)c2)CC1. The number of phenols is 1. The van der Waals surface area contributed by atoms with Gasteiger partial charge in [0, 0.05) is 18.5 Å². The summed E-state index contributed by atoms with van der Waals surface area (Å²) in [6, 6.07) is 6.73. The largest absolute Gasteiger partial charge is 0.508 e. The fourth-order valence-corrected chi connectivity index (χ4v) is 2.58. The van der Waals surface area contributed by atoms with E-state index < -0.39 is 0 Å². The highest BCUT2D eigenvalue weighted by atomic mass is 16.4. The Bertz CT molecular complexity index is 549. The molecule has 0 atom stereocenters. The molecule has 1 aromatic rings. The zero-order valence-corrected chi connectivity index (χ0v) is 12.1. The standard InChI is InChI=1S/C15H21N3O3/c1-15(14(16)17-21)5-7-18(8-6-15)13(20)10-11-3-2-4-12(19)9-11/h2-4,9,19,21H,5-8,10H2,1H3,(H2,16,17). The molecule has 1 heterocycles. The summed E-state index contributed by atoms with van der Waals surface area (Å²) in [6.07, 6.45) is 1.62. The maximum atomic E-state index is 12.3. The van der Waals surface area contributed by atoms with E-state index >= 15 is 0 Å². The molecule has 21 heavy (non-hydrogen) atoms. The first-order chi connectivity index (χ1) is 9.94. The smallest absolute Gasteiger partial charge is 0.226 e. The number of benzene rings is 1. The van der Waals surface area contributed by atoms with Crippen molar-refractivity contribution < 1.29 is 15.1 Å². The van der Waals surface area contributed by atoms with Crippen molar-refractivity contribution in [2.24, 2.45) is 16.3 Å². The molecule has 1 fully saturated rings. The van der Waals surface area contributed by atoms with Gasteiger partial charge in [0.1, 0.15) is 11.6 Å². The van der Waals surface area contributed by atoms with E-state index in [4.69, 9.17) is 10.9 Å². The third kappa shape index (κ3) is 3.45. The Kier molecular flexibility index (Phi) is 4.35. The van der Waals surface area contributed by atoms with Gasteiger partial charge < -0.3 is 20.9 Å². The molecule has 1 saturated heterocycles. The van der Waals surface area contributed by atoms with Crippen molar-refractivity contribution in [1.29, 1.82) is 0 Å². The Labute approximate surface area is 123 Å². The minimum absolute atomic E-state index is 0.0298. The van der Waals surface area contributed by atoms with Crippen LogP contribution in [0.4, 0.5) is 0 Å². The van der Waals surface area contributed by atoms with Gasteiger partial charge >= 0.3 is 0 Å². The molecule has 0 bridgehead atoms. The van der Waals surface area contributed by atoms with E-state index in [0.717, 1.165) is 5.56 Å². The molecular formula is C15H21N3O3. The second-order valence-corrected chi connectivity index (χ2v) is 5.77. The van der Waals surface area contributed by atoms with Crippen LogP contribution in [0.15, 0.2) is 29.4 Å². The zero-order chi connectivity index (χ0) is 15.5. The maximum Gasteiger partial charge on any atom is 0.226 e. The molecule has 4 N–H and O–H groups in total. The van der Waals surface area contributed by atoms with Crippen LogP contribution in [0.3, 0.4) is 0 Å². The van der Waals surface area contributed by atoms with Crippen LogP contribution >= 0.6 is 0 Å². The second-order valence-electron chi connectivity index (χ2n) is 5.77. The van der Waals surface area contributed by atoms with E-state index in [0.29, 0.717) is 25.9 Å². The molecule has 0 radical (unpaired) electrons. The van der Waals surface area contributed by atoms with Gasteiger partial charge in [-0.2, -0.15) is 0 Å². The molecule has 1 aliphatic heterocycles. The monoisotopic (exact) mass is 291 g/mol. The van der Waals surface area contributed by atoms with E-state index in [1.807, 2.05) is 13.0 Å². The van der Waals surface area contributed by atoms with E-state index in [2.05, 4.69) is 5.16 Å². The molecule has 1 aromatic carbocycles. The second kappa shape index (κ2) is 6.03. The number of aromatic hydroxyl groups is 1. The Balaban J connectivity index is 1.95. The first-order valence-corrected chi connectivity index (χ1v) is 6.98. The van der Waals surface area contributed by atoms with E-state index in [1.54, 1.807) is 23.1 Å². The van der Waals surface area contributed by atoms with Crippen molar-refractivity contribution in [2.75, 3.05) is 13.1 Å². The lowest BCUT2D eigenvalue weighted by Gasteiger charge is -2.38. The van der Waals surface area contributed by atoms with Crippen LogP contribution in [0.2, 0.25) is 0 Å². The summed E-state index contributed by atoms with van der Waals surface area (Å²) in [5.41, 5.74) is 6.16. The number of nitrogens with two attached hydrogens (primary N) is 1. The highest BCUT2D eigenvalue weighted by molar-refractivity contribution is 5.86. The van der Waals surface area contributed by atoms with E-state index in [1.165, 1.54) is 0 Å². The van der Waals surface area contributed by atoms with Gasteiger partial charge in [-0.15, -0.1) is 0 Å². The van der Waals surface area contributed by atoms with Gasteiger partial charge in [-0.3, -0.25) is 4.79 Å². The number of amidine groups is 1. The normalized spacial score (nSPS) is 18.5. The number of hydrogen-bond donors (Lipinski definition) is 3. The number of amides is 1. The lowest BCUT2D eigenvalue weighted by Crippen LogP contribution is -2.47. The molecule has 0 saturated carbocycles. The van der Waals surface area contributed by atoms with Crippen LogP contribution in [-0.4, -0.2) is 40.0 Å². The molecule has 0 spiro atoms. The number of piperidine rings is 1. The molecule has 6 heteroatoms. The Hall–Kier alpha value is -2.24. The quantitative estimate of drug-likeness (QED) is 0.338. The molecule has 2 rings (SSSR count). The summed E-state index contributed by atoms with van der Waals surface area (Å²) in [5, 5.41) is 21.3. The summed E-state index contributed by atoms with van der Waals surface area (Å²) < 4.78 is 0. The molecule has 0 aromatic heterocycles. The summed E-state index contributed by atoms with van der Waals surface area (Å²) in [5.74, 6) is 0.420. The summed E-state index contributed by atoms with van der Waals surface area (Å²) in [7, 11) is 0. The van der Waals surface area contributed by atoms with Crippen LogP contribution < -0.4 is 5.73 Å². The third-order valence-electron chi connectivity index (χ3n) is 4.21. The minimum Gasteiger partial charge on any atom is -0.508 e. The van der Waals surface area contributed by atoms with Gasteiger partial charge in [0.2, 0.25) is 5.91 Å². The Morgan fingerprint density at radius 3 is 2.67 bits per heavy atom. The van der Waals surface area contributed by atoms with E-state index in [-0.39, 0.29) is 29.3 Å². The van der Waals surface area contributed by atoms with Crippen molar-refractivity contribution in [3.63, 3.8) is 0 Å². The molecular weight excluding hydrogens is 270 g/mol. The number of hydrogen-bond acceptors (Lipinski definition) is 4. The first kappa shape index (κ1) is 15.2. The fraction of sp³-hybridized carbons (Fsp3) is 0.467. The summed E-state index contributed by atoms with van der Waals surface area (Å²) >= 11 is 0. The highest BCUT2D eigenvalue weighted by Gasteiger charge is 2.35. The number of oxime groups is 1. The molecule has 0 unspecified atom stereocenters. The zero-order valence-electron chi connectivity index (χ0n) is 12.1. The number of rotatable bonds is 3. The number of nitrogens with zero attached hydrogens (tertiary/aromatic N) is 2. The predicted octanol–water partition coefficient (Wildman–Crippen LogP) is 1.31. The van der Waals surface area contributed by atoms with Crippen molar-refractivity contribution >= 4 is 11.7 Å². The summed E-state index contributed by atoms with van der Waals surface area (Å²) in [6.45, 7) is 3.12. The van der Waals surface area contributed by atoms with Crippen LogP contribution in [-0.2, 0) is 11.2 Å². The van der Waals surface area contributed by atoms with Gasteiger partial charge in [-0.1, -0.05) is 24.2 Å². The fourth-order valence-electron chi connectivity index (χ4n) is 2.58. The topological polar surface area (TPSA) is 99.2 Å². The lowest BCUT2D eigenvalue weighted by atomic mass is 9.79. The van der Waals surface area contributed by atoms with Crippen LogP contribution in [0.25, 0.3) is 0 Å². The number of carbonyl (C=O) groups is 1. The van der Waals surface area contributed by atoms with E-state index in [9.17, 15) is 9.90 Å². The van der Waals surface area contributed by atoms with Crippen LogP contribution in [0.5, 0.6) is 5.75 Å². The van der Waals surface area contributed by atoms with Gasteiger partial charge in [0.25, 0.3) is 0 Å². The first-order valence-electron chi connectivity index (χ1n) is 6.98. The highest BCUT2D eigenvalue weighted by Crippen LogP contribution is 2.31. The van der Waals surface area contributed by atoms with Gasteiger partial charge in [0.05, 0.1) is 6.42 Å². The predicted molar refractivity (Wildman–Crippen MR) is 79.1 cm³/mol. The minimum atomic E-state index is -0.351. The van der Waals surface area contributed by atoms with Crippen LogP contribution in [0.1, 0.15) is 25.3 Å².